The van der Waals surface area contributed by atoms with Crippen molar-refractivity contribution >= 4 is 17.7 Å². The minimum absolute atomic E-state index is 0.305. The van der Waals surface area contributed by atoms with Gasteiger partial charge in [0, 0.05) is 17.7 Å². The lowest BCUT2D eigenvalue weighted by Gasteiger charge is -2.13. The molecule has 5 nitrogen and oxygen atoms in total. The number of Topliss-reactive ketones (excluding diaryl/α,β-unsaturated/α-hetero) is 1. The van der Waals surface area contributed by atoms with Gasteiger partial charge in [-0.1, -0.05) is 37.3 Å². The Kier molecular flexibility index (Phi) is 5.47. The van der Waals surface area contributed by atoms with Crippen LogP contribution in [0.25, 0.3) is 0 Å². The summed E-state index contributed by atoms with van der Waals surface area (Å²) in [5.74, 6) is -2.40. The summed E-state index contributed by atoms with van der Waals surface area (Å²) in [5.41, 5.74) is 0.448. The summed E-state index contributed by atoms with van der Waals surface area (Å²) in [6.07, 6.45) is 0.861. The van der Waals surface area contributed by atoms with Gasteiger partial charge in [-0.3, -0.25) is 4.79 Å². The van der Waals surface area contributed by atoms with Crippen molar-refractivity contribution in [1.82, 2.24) is 0 Å². The fourth-order valence-corrected chi connectivity index (χ4v) is 1.43. The van der Waals surface area contributed by atoms with Gasteiger partial charge in [-0.15, -0.1) is 0 Å². The lowest BCUT2D eigenvalue weighted by molar-refractivity contribution is -0.141. The molecule has 0 heterocycles. The average Bonchev–Trinajstić information content (AvgIpc) is 2.42. The molecule has 19 heavy (non-hydrogen) atoms. The van der Waals surface area contributed by atoms with Crippen molar-refractivity contribution in [3.63, 3.8) is 0 Å². The van der Waals surface area contributed by atoms with E-state index in [1.807, 2.05) is 0 Å². The minimum Gasteiger partial charge on any atom is -0.478 e. The van der Waals surface area contributed by atoms with Gasteiger partial charge in [-0.05, 0) is 6.42 Å². The molecule has 1 unspecified atom stereocenters. The molecule has 1 aromatic rings. The van der Waals surface area contributed by atoms with Gasteiger partial charge in [0.1, 0.15) is 0 Å². The van der Waals surface area contributed by atoms with E-state index in [-0.39, 0.29) is 5.78 Å². The van der Waals surface area contributed by atoms with E-state index in [9.17, 15) is 14.4 Å². The highest BCUT2D eigenvalue weighted by molar-refractivity contribution is 6.01. The van der Waals surface area contributed by atoms with Crippen LogP contribution in [0.5, 0.6) is 0 Å². The van der Waals surface area contributed by atoms with Crippen molar-refractivity contribution < 1.29 is 24.2 Å². The molecular weight excluding hydrogens is 248 g/mol. The summed E-state index contributed by atoms with van der Waals surface area (Å²) in [7, 11) is 0. The molecular formula is C14H14O5. The SMILES string of the molecule is CCC(OC(=O)/C=C/C(=O)O)C(=O)c1ccccc1. The Morgan fingerprint density at radius 1 is 1.21 bits per heavy atom. The molecule has 0 saturated carbocycles. The Morgan fingerprint density at radius 2 is 1.84 bits per heavy atom. The van der Waals surface area contributed by atoms with Crippen LogP contribution >= 0.6 is 0 Å². The molecule has 0 amide bonds. The molecule has 1 rings (SSSR count). The van der Waals surface area contributed by atoms with Gasteiger partial charge >= 0.3 is 11.9 Å². The summed E-state index contributed by atoms with van der Waals surface area (Å²) in [6.45, 7) is 1.71. The molecule has 0 aromatic heterocycles. The lowest BCUT2D eigenvalue weighted by atomic mass is 10.0. The molecule has 0 aliphatic carbocycles. The van der Waals surface area contributed by atoms with Crippen molar-refractivity contribution in [2.45, 2.75) is 19.4 Å². The van der Waals surface area contributed by atoms with E-state index in [0.29, 0.717) is 18.1 Å². The van der Waals surface area contributed by atoms with Crippen LogP contribution in [0.3, 0.4) is 0 Å². The monoisotopic (exact) mass is 262 g/mol. The normalized spacial score (nSPS) is 12.1. The molecule has 0 bridgehead atoms. The molecule has 0 saturated heterocycles. The maximum Gasteiger partial charge on any atom is 0.331 e. The number of ketones is 1. The van der Waals surface area contributed by atoms with Gasteiger partial charge in [0.2, 0.25) is 5.78 Å². The van der Waals surface area contributed by atoms with Crippen molar-refractivity contribution in [1.29, 1.82) is 0 Å². The number of carboxylic acids is 1. The zero-order valence-corrected chi connectivity index (χ0v) is 10.4. The van der Waals surface area contributed by atoms with Crippen LogP contribution in [0.4, 0.5) is 0 Å². The van der Waals surface area contributed by atoms with Crippen LogP contribution in [0.2, 0.25) is 0 Å². The maximum atomic E-state index is 12.0. The standard InChI is InChI=1S/C14H14O5/c1-2-11(19-13(17)9-8-12(15)16)14(18)10-6-4-3-5-7-10/h3-9,11H,2H2,1H3,(H,15,16)/b9-8+. The van der Waals surface area contributed by atoms with E-state index in [1.165, 1.54) is 0 Å². The second-order valence-electron chi connectivity index (χ2n) is 3.74. The lowest BCUT2D eigenvalue weighted by Crippen LogP contribution is -2.26. The molecule has 5 heteroatoms. The average molecular weight is 262 g/mol. The van der Waals surface area contributed by atoms with Gasteiger partial charge in [-0.2, -0.15) is 0 Å². The Labute approximate surface area is 110 Å². The fraction of sp³-hybridized carbons (Fsp3) is 0.214. The molecule has 1 N–H and O–H groups in total. The third-order valence-corrected chi connectivity index (χ3v) is 2.34. The van der Waals surface area contributed by atoms with Crippen molar-refractivity contribution in [2.24, 2.45) is 0 Å². The van der Waals surface area contributed by atoms with Gasteiger partial charge in [0.05, 0.1) is 0 Å². The van der Waals surface area contributed by atoms with Crippen LogP contribution in [-0.4, -0.2) is 28.9 Å². The summed E-state index contributed by atoms with van der Waals surface area (Å²) in [4.78, 5) is 33.6. The predicted octanol–water partition coefficient (Wildman–Crippen LogP) is 1.83. The number of carbonyl (C=O) groups excluding carboxylic acids is 2. The predicted molar refractivity (Wildman–Crippen MR) is 67.7 cm³/mol. The van der Waals surface area contributed by atoms with Gasteiger partial charge in [-0.25, -0.2) is 9.59 Å². The Bertz CT molecular complexity index is 490. The number of ether oxygens (including phenoxy) is 1. The number of rotatable bonds is 6. The molecule has 1 atom stereocenters. The summed E-state index contributed by atoms with van der Waals surface area (Å²) in [6, 6.07) is 8.47. The van der Waals surface area contributed by atoms with Crippen molar-refractivity contribution in [2.75, 3.05) is 0 Å². The number of hydrogen-bond acceptors (Lipinski definition) is 4. The number of esters is 1. The van der Waals surface area contributed by atoms with Crippen LogP contribution in [0.15, 0.2) is 42.5 Å². The van der Waals surface area contributed by atoms with E-state index in [0.717, 1.165) is 6.08 Å². The number of aliphatic carboxylic acids is 1. The van der Waals surface area contributed by atoms with Crippen LogP contribution in [0.1, 0.15) is 23.7 Å². The van der Waals surface area contributed by atoms with Crippen molar-refractivity contribution in [3.8, 4) is 0 Å². The number of benzene rings is 1. The molecule has 0 fully saturated rings. The Balaban J connectivity index is 2.71. The first-order valence-electron chi connectivity index (χ1n) is 5.75. The first kappa shape index (κ1) is 14.6. The van der Waals surface area contributed by atoms with E-state index in [4.69, 9.17) is 9.84 Å². The zero-order chi connectivity index (χ0) is 14.3. The highest BCUT2D eigenvalue weighted by atomic mass is 16.5. The van der Waals surface area contributed by atoms with E-state index in [2.05, 4.69) is 0 Å². The molecule has 100 valence electrons. The number of carbonyl (C=O) groups is 3. The number of carboxylic acid groups (broad SMARTS) is 1. The van der Waals surface area contributed by atoms with E-state index in [1.54, 1.807) is 37.3 Å². The first-order valence-corrected chi connectivity index (χ1v) is 5.75. The molecule has 0 aliphatic rings. The zero-order valence-electron chi connectivity index (χ0n) is 10.4. The van der Waals surface area contributed by atoms with E-state index < -0.39 is 18.0 Å². The van der Waals surface area contributed by atoms with Crippen LogP contribution < -0.4 is 0 Å². The summed E-state index contributed by atoms with van der Waals surface area (Å²) < 4.78 is 4.93. The Hall–Kier alpha value is -2.43. The van der Waals surface area contributed by atoms with Gasteiger partial charge < -0.3 is 9.84 Å². The first-order chi connectivity index (χ1) is 9.04. The quantitative estimate of drug-likeness (QED) is 0.480. The molecule has 0 radical (unpaired) electrons. The van der Waals surface area contributed by atoms with Gasteiger partial charge in [0.25, 0.3) is 0 Å². The summed E-state index contributed by atoms with van der Waals surface area (Å²) >= 11 is 0. The maximum absolute atomic E-state index is 12.0. The molecule has 1 aromatic carbocycles. The van der Waals surface area contributed by atoms with Crippen molar-refractivity contribution in [3.05, 3.63) is 48.0 Å². The highest BCUT2D eigenvalue weighted by Gasteiger charge is 2.21. The molecule has 0 aliphatic heterocycles. The Morgan fingerprint density at radius 3 is 2.37 bits per heavy atom. The topological polar surface area (TPSA) is 80.7 Å². The van der Waals surface area contributed by atoms with Gasteiger partial charge in [0.15, 0.2) is 6.10 Å². The largest absolute Gasteiger partial charge is 0.478 e. The third-order valence-electron chi connectivity index (χ3n) is 2.34. The summed E-state index contributed by atoms with van der Waals surface area (Å²) in [5, 5.41) is 8.38. The number of hydrogen-bond donors (Lipinski definition) is 1. The second kappa shape index (κ2) is 7.10. The van der Waals surface area contributed by atoms with Crippen LogP contribution in [-0.2, 0) is 14.3 Å². The van der Waals surface area contributed by atoms with E-state index >= 15 is 0 Å². The third kappa shape index (κ3) is 4.75. The smallest absolute Gasteiger partial charge is 0.331 e. The molecule has 0 spiro atoms. The van der Waals surface area contributed by atoms with Crippen LogP contribution in [0, 0.1) is 0 Å². The second-order valence-corrected chi connectivity index (χ2v) is 3.74. The minimum atomic E-state index is -1.25. The fourth-order valence-electron chi connectivity index (χ4n) is 1.43. The highest BCUT2D eigenvalue weighted by Crippen LogP contribution is 2.09.